The number of sulfonamides is 1. The highest BCUT2D eigenvalue weighted by Gasteiger charge is 2.22. The van der Waals surface area contributed by atoms with E-state index in [1.54, 1.807) is 12.1 Å². The van der Waals surface area contributed by atoms with Crippen molar-refractivity contribution in [2.45, 2.75) is 37.9 Å². The van der Waals surface area contributed by atoms with Crippen LogP contribution in [0.1, 0.15) is 33.3 Å². The Balaban J connectivity index is 2.76. The Morgan fingerprint density at radius 2 is 1.74 bits per heavy atom. The summed E-state index contributed by atoms with van der Waals surface area (Å²) < 4.78 is 27.0. The van der Waals surface area contributed by atoms with E-state index >= 15 is 0 Å². The molecular weight excluding hydrogens is 326 g/mol. The van der Waals surface area contributed by atoms with E-state index in [0.29, 0.717) is 11.4 Å². The Bertz CT molecular complexity index is 503. The molecule has 1 aromatic rings. The van der Waals surface area contributed by atoms with Crippen LogP contribution in [0.15, 0.2) is 29.2 Å². The number of halogens is 1. The van der Waals surface area contributed by atoms with Gasteiger partial charge in [-0.05, 0) is 29.0 Å². The molecule has 0 saturated heterocycles. The van der Waals surface area contributed by atoms with Gasteiger partial charge >= 0.3 is 0 Å². The Labute approximate surface area is 125 Å². The minimum atomic E-state index is -3.41. The first-order valence-electron chi connectivity index (χ1n) is 6.31. The van der Waals surface area contributed by atoms with Crippen LogP contribution >= 0.6 is 15.9 Å². The molecule has 0 aromatic heterocycles. The van der Waals surface area contributed by atoms with Gasteiger partial charge in [0.15, 0.2) is 0 Å². The fraction of sp³-hybridized carbons (Fsp3) is 0.571. The van der Waals surface area contributed by atoms with Gasteiger partial charge in [0, 0.05) is 11.9 Å². The molecule has 0 amide bonds. The summed E-state index contributed by atoms with van der Waals surface area (Å²) in [6.07, 6.45) is 0. The molecule has 0 saturated carbocycles. The summed E-state index contributed by atoms with van der Waals surface area (Å²) in [7, 11) is -3.41. The van der Waals surface area contributed by atoms with E-state index in [4.69, 9.17) is 0 Å². The fourth-order valence-electron chi connectivity index (χ4n) is 1.38. The standard InChI is InChI=1S/C14H22BrNO2S/c1-11(14(2,3)4)10-16-19(17,18)13-7-5-12(9-15)6-8-13/h5-8,11,16H,9-10H2,1-4H3. The molecule has 108 valence electrons. The van der Waals surface area contributed by atoms with Crippen molar-refractivity contribution in [2.24, 2.45) is 11.3 Å². The first-order valence-corrected chi connectivity index (χ1v) is 8.92. The lowest BCUT2D eigenvalue weighted by Crippen LogP contribution is -2.33. The van der Waals surface area contributed by atoms with Crippen molar-refractivity contribution >= 4 is 26.0 Å². The minimum Gasteiger partial charge on any atom is -0.211 e. The largest absolute Gasteiger partial charge is 0.240 e. The number of alkyl halides is 1. The van der Waals surface area contributed by atoms with E-state index in [2.05, 4.69) is 48.3 Å². The summed E-state index contributed by atoms with van der Waals surface area (Å²) in [4.78, 5) is 0.318. The molecule has 0 radical (unpaired) electrons. The van der Waals surface area contributed by atoms with Gasteiger partial charge in [0.1, 0.15) is 0 Å². The topological polar surface area (TPSA) is 46.2 Å². The highest BCUT2D eigenvalue weighted by molar-refractivity contribution is 9.08. The maximum absolute atomic E-state index is 12.1. The maximum Gasteiger partial charge on any atom is 0.240 e. The Morgan fingerprint density at radius 1 is 1.21 bits per heavy atom. The van der Waals surface area contributed by atoms with Gasteiger partial charge in [-0.25, -0.2) is 13.1 Å². The van der Waals surface area contributed by atoms with E-state index in [9.17, 15) is 8.42 Å². The molecule has 1 N–H and O–H groups in total. The molecule has 0 heterocycles. The van der Waals surface area contributed by atoms with Gasteiger partial charge in [0.25, 0.3) is 0 Å². The van der Waals surface area contributed by atoms with Crippen molar-refractivity contribution in [3.63, 3.8) is 0 Å². The third-order valence-electron chi connectivity index (χ3n) is 3.45. The third kappa shape index (κ3) is 4.89. The van der Waals surface area contributed by atoms with E-state index in [1.807, 2.05) is 12.1 Å². The molecule has 3 nitrogen and oxygen atoms in total. The van der Waals surface area contributed by atoms with Crippen LogP contribution in [0.25, 0.3) is 0 Å². The smallest absolute Gasteiger partial charge is 0.211 e. The molecule has 5 heteroatoms. The van der Waals surface area contributed by atoms with Gasteiger partial charge in [-0.15, -0.1) is 0 Å². The van der Waals surface area contributed by atoms with Crippen LogP contribution in [0.2, 0.25) is 0 Å². The monoisotopic (exact) mass is 347 g/mol. The summed E-state index contributed by atoms with van der Waals surface area (Å²) in [5.74, 6) is 0.268. The highest BCUT2D eigenvalue weighted by atomic mass is 79.9. The first kappa shape index (κ1) is 16.7. The molecule has 0 spiro atoms. The number of rotatable bonds is 5. The lowest BCUT2D eigenvalue weighted by Gasteiger charge is -2.27. The Kier molecular flexibility index (Phi) is 5.59. The zero-order valence-electron chi connectivity index (χ0n) is 11.9. The van der Waals surface area contributed by atoms with E-state index in [1.165, 1.54) is 0 Å². The molecule has 0 fully saturated rings. The molecule has 1 rings (SSSR count). The van der Waals surface area contributed by atoms with Crippen LogP contribution in [0.3, 0.4) is 0 Å². The van der Waals surface area contributed by atoms with Crippen molar-refractivity contribution in [1.29, 1.82) is 0 Å². The lowest BCUT2D eigenvalue weighted by atomic mass is 9.82. The summed E-state index contributed by atoms with van der Waals surface area (Å²) in [5.41, 5.74) is 1.14. The second-order valence-corrected chi connectivity index (χ2v) is 8.22. The number of nitrogens with one attached hydrogen (secondary N) is 1. The molecular formula is C14H22BrNO2S. The predicted molar refractivity (Wildman–Crippen MR) is 82.9 cm³/mol. The molecule has 19 heavy (non-hydrogen) atoms. The first-order chi connectivity index (χ1) is 8.66. The lowest BCUT2D eigenvalue weighted by molar-refractivity contribution is 0.263. The van der Waals surface area contributed by atoms with Gasteiger partial charge in [0.05, 0.1) is 4.90 Å². The van der Waals surface area contributed by atoms with Crippen molar-refractivity contribution in [2.75, 3.05) is 6.54 Å². The highest BCUT2D eigenvalue weighted by Crippen LogP contribution is 2.25. The van der Waals surface area contributed by atoms with Crippen LogP contribution in [0.4, 0.5) is 0 Å². The van der Waals surface area contributed by atoms with Crippen molar-refractivity contribution in [1.82, 2.24) is 4.72 Å². The SMILES string of the molecule is CC(CNS(=O)(=O)c1ccc(CBr)cc1)C(C)(C)C. The van der Waals surface area contributed by atoms with Gasteiger partial charge in [-0.2, -0.15) is 0 Å². The van der Waals surface area contributed by atoms with Crippen LogP contribution < -0.4 is 4.72 Å². The van der Waals surface area contributed by atoms with Crippen molar-refractivity contribution in [3.8, 4) is 0 Å². The molecule has 0 aliphatic rings. The fourth-order valence-corrected chi connectivity index (χ4v) is 2.89. The van der Waals surface area contributed by atoms with Crippen LogP contribution in [0, 0.1) is 11.3 Å². The molecule has 0 aliphatic heterocycles. The quantitative estimate of drug-likeness (QED) is 0.828. The molecule has 1 unspecified atom stereocenters. The minimum absolute atomic E-state index is 0.0857. The van der Waals surface area contributed by atoms with Crippen LogP contribution in [-0.4, -0.2) is 15.0 Å². The average Bonchev–Trinajstić information content (AvgIpc) is 2.35. The number of hydrogen-bond donors (Lipinski definition) is 1. The Hall–Kier alpha value is -0.390. The normalized spacial score (nSPS) is 14.4. The number of hydrogen-bond acceptors (Lipinski definition) is 2. The molecule has 0 aliphatic carbocycles. The van der Waals surface area contributed by atoms with Gasteiger partial charge < -0.3 is 0 Å². The van der Waals surface area contributed by atoms with Gasteiger partial charge in [0.2, 0.25) is 10.0 Å². The molecule has 1 atom stereocenters. The Morgan fingerprint density at radius 3 is 2.16 bits per heavy atom. The van der Waals surface area contributed by atoms with Gasteiger partial charge in [-0.1, -0.05) is 55.8 Å². The summed E-state index contributed by atoms with van der Waals surface area (Å²) in [5, 5.41) is 0.724. The van der Waals surface area contributed by atoms with E-state index in [-0.39, 0.29) is 11.3 Å². The second kappa shape index (κ2) is 6.37. The maximum atomic E-state index is 12.1. The average molecular weight is 348 g/mol. The predicted octanol–water partition coefficient (Wildman–Crippen LogP) is 3.54. The van der Waals surface area contributed by atoms with Gasteiger partial charge in [-0.3, -0.25) is 0 Å². The number of benzene rings is 1. The van der Waals surface area contributed by atoms with Crippen molar-refractivity contribution < 1.29 is 8.42 Å². The zero-order chi connectivity index (χ0) is 14.7. The third-order valence-corrected chi connectivity index (χ3v) is 5.53. The van der Waals surface area contributed by atoms with Crippen molar-refractivity contribution in [3.05, 3.63) is 29.8 Å². The zero-order valence-corrected chi connectivity index (χ0v) is 14.3. The summed E-state index contributed by atoms with van der Waals surface area (Å²) in [6, 6.07) is 6.91. The summed E-state index contributed by atoms with van der Waals surface area (Å²) >= 11 is 3.34. The molecule has 0 bridgehead atoms. The van der Waals surface area contributed by atoms with Crippen LogP contribution in [0.5, 0.6) is 0 Å². The molecule has 1 aromatic carbocycles. The summed E-state index contributed by atoms with van der Waals surface area (Å²) in [6.45, 7) is 8.83. The van der Waals surface area contributed by atoms with E-state index in [0.717, 1.165) is 10.9 Å². The van der Waals surface area contributed by atoms with E-state index < -0.39 is 10.0 Å². The second-order valence-electron chi connectivity index (χ2n) is 5.90. The van der Waals surface area contributed by atoms with Crippen LogP contribution in [-0.2, 0) is 15.4 Å².